The average Bonchev–Trinajstić information content (AvgIpc) is 3.21. The van der Waals surface area contributed by atoms with E-state index in [9.17, 15) is 4.39 Å². The van der Waals surface area contributed by atoms with Crippen molar-refractivity contribution in [2.75, 3.05) is 32.8 Å². The highest BCUT2D eigenvalue weighted by atomic mass is 35.5. The number of nitrogens with zero attached hydrogens (tertiary/aromatic N) is 2. The Labute approximate surface area is 183 Å². The number of benzene rings is 2. The molecule has 0 bridgehead atoms. The lowest BCUT2D eigenvalue weighted by Crippen LogP contribution is -2.24. The van der Waals surface area contributed by atoms with E-state index in [0.717, 1.165) is 16.5 Å². The maximum atomic E-state index is 12.8. The Morgan fingerprint density at radius 1 is 1.20 bits per heavy atom. The van der Waals surface area contributed by atoms with Crippen molar-refractivity contribution in [1.82, 2.24) is 15.3 Å². The molecular formula is C21H21Cl2FN4O2. The van der Waals surface area contributed by atoms with Crippen LogP contribution >= 0.6 is 23.2 Å². The van der Waals surface area contributed by atoms with Crippen LogP contribution in [0, 0.1) is 0 Å². The first-order chi connectivity index (χ1) is 14.5. The van der Waals surface area contributed by atoms with Gasteiger partial charge in [0.25, 0.3) is 0 Å². The van der Waals surface area contributed by atoms with Gasteiger partial charge in [0.15, 0.2) is 0 Å². The van der Waals surface area contributed by atoms with Crippen molar-refractivity contribution < 1.29 is 13.9 Å². The van der Waals surface area contributed by atoms with E-state index in [1.165, 1.54) is 14.2 Å². The number of rotatable bonds is 6. The molecule has 0 spiro atoms. The molecule has 0 amide bonds. The van der Waals surface area contributed by atoms with Crippen LogP contribution in [0.1, 0.15) is 6.42 Å². The van der Waals surface area contributed by atoms with Gasteiger partial charge in [0, 0.05) is 41.8 Å². The van der Waals surface area contributed by atoms with Crippen molar-refractivity contribution in [2.24, 2.45) is 0 Å². The molecule has 2 atom stereocenters. The van der Waals surface area contributed by atoms with E-state index in [2.05, 4.69) is 20.6 Å². The Morgan fingerprint density at radius 3 is 2.57 bits per heavy atom. The van der Waals surface area contributed by atoms with Crippen LogP contribution < -0.4 is 20.1 Å². The molecule has 2 aromatic carbocycles. The lowest BCUT2D eigenvalue weighted by Gasteiger charge is -2.16. The lowest BCUT2D eigenvalue weighted by atomic mass is 10.0. The molecule has 1 saturated heterocycles. The first-order valence-corrected chi connectivity index (χ1v) is 10.2. The Kier molecular flexibility index (Phi) is 6.13. The summed E-state index contributed by atoms with van der Waals surface area (Å²) in [5, 5.41) is 7.95. The number of alkyl halides is 1. The third-order valence-corrected chi connectivity index (χ3v) is 5.96. The summed E-state index contributed by atoms with van der Waals surface area (Å²) in [6.45, 7) is 0.288. The number of methoxy groups -OCH3 is 2. The molecule has 2 N–H and O–H groups in total. The number of hydrogen-bond acceptors (Lipinski definition) is 6. The number of hydrogen-bond donors (Lipinski definition) is 2. The van der Waals surface area contributed by atoms with E-state index in [0.29, 0.717) is 46.0 Å². The van der Waals surface area contributed by atoms with Gasteiger partial charge < -0.3 is 20.1 Å². The van der Waals surface area contributed by atoms with Gasteiger partial charge in [0.05, 0.1) is 29.8 Å². The molecule has 4 rings (SSSR count). The molecule has 1 aliphatic heterocycles. The maximum Gasteiger partial charge on any atom is 0.223 e. The highest BCUT2D eigenvalue weighted by Gasteiger charge is 2.25. The van der Waals surface area contributed by atoms with E-state index >= 15 is 0 Å². The molecule has 0 aliphatic carbocycles. The van der Waals surface area contributed by atoms with E-state index in [-0.39, 0.29) is 18.8 Å². The SMILES string of the molecule is COc1cc(OC)c(Cl)c(-c2cccc3nc(N[C@@H]4CN[C@H](CF)C4)ncc23)c1Cl. The molecule has 0 unspecified atom stereocenters. The minimum atomic E-state index is -0.383. The summed E-state index contributed by atoms with van der Waals surface area (Å²) in [5.74, 6) is 1.41. The third-order valence-electron chi connectivity index (χ3n) is 5.21. The average molecular weight is 451 g/mol. The molecule has 158 valence electrons. The third kappa shape index (κ3) is 3.85. The van der Waals surface area contributed by atoms with Crippen LogP contribution in [0.4, 0.5) is 10.3 Å². The number of fused-ring (bicyclic) bond motifs is 1. The molecular weight excluding hydrogens is 430 g/mol. The highest BCUT2D eigenvalue weighted by Crippen LogP contribution is 2.47. The molecule has 1 fully saturated rings. The van der Waals surface area contributed by atoms with Gasteiger partial charge in [-0.25, -0.2) is 14.4 Å². The summed E-state index contributed by atoms with van der Waals surface area (Å²) in [6, 6.07) is 7.28. The van der Waals surface area contributed by atoms with Gasteiger partial charge >= 0.3 is 0 Å². The van der Waals surface area contributed by atoms with E-state index in [1.807, 2.05) is 18.2 Å². The van der Waals surface area contributed by atoms with Crippen molar-refractivity contribution >= 4 is 40.1 Å². The fourth-order valence-corrected chi connectivity index (χ4v) is 4.40. The summed E-state index contributed by atoms with van der Waals surface area (Å²) in [7, 11) is 3.07. The molecule has 30 heavy (non-hydrogen) atoms. The van der Waals surface area contributed by atoms with Gasteiger partial charge in [-0.2, -0.15) is 0 Å². The predicted molar refractivity (Wildman–Crippen MR) is 118 cm³/mol. The first-order valence-electron chi connectivity index (χ1n) is 9.47. The minimum Gasteiger partial charge on any atom is -0.495 e. The molecule has 1 aromatic heterocycles. The summed E-state index contributed by atoms with van der Waals surface area (Å²) in [6.07, 6.45) is 2.42. The van der Waals surface area contributed by atoms with E-state index in [4.69, 9.17) is 32.7 Å². The van der Waals surface area contributed by atoms with Crippen molar-refractivity contribution in [3.63, 3.8) is 0 Å². The summed E-state index contributed by atoms with van der Waals surface area (Å²) >= 11 is 13.2. The molecule has 3 aromatic rings. The van der Waals surface area contributed by atoms with Gasteiger partial charge in [-0.05, 0) is 18.1 Å². The van der Waals surface area contributed by atoms with Crippen molar-refractivity contribution in [2.45, 2.75) is 18.5 Å². The predicted octanol–water partition coefficient (Wildman–Crippen LogP) is 4.73. The zero-order valence-corrected chi connectivity index (χ0v) is 18.0. The largest absolute Gasteiger partial charge is 0.495 e. The highest BCUT2D eigenvalue weighted by molar-refractivity contribution is 6.41. The van der Waals surface area contributed by atoms with Gasteiger partial charge in [-0.15, -0.1) is 0 Å². The smallest absolute Gasteiger partial charge is 0.223 e. The quantitative estimate of drug-likeness (QED) is 0.565. The summed E-state index contributed by atoms with van der Waals surface area (Å²) in [5.41, 5.74) is 2.09. The summed E-state index contributed by atoms with van der Waals surface area (Å²) in [4.78, 5) is 9.09. The van der Waals surface area contributed by atoms with Crippen LogP contribution in [0.2, 0.25) is 10.0 Å². The van der Waals surface area contributed by atoms with E-state index in [1.54, 1.807) is 12.3 Å². The molecule has 9 heteroatoms. The van der Waals surface area contributed by atoms with E-state index < -0.39 is 0 Å². The number of halogens is 3. The van der Waals surface area contributed by atoms with Crippen LogP contribution in [-0.4, -0.2) is 49.5 Å². The fourth-order valence-electron chi connectivity index (χ4n) is 3.69. The fraction of sp³-hybridized carbons (Fsp3) is 0.333. The number of aromatic nitrogens is 2. The van der Waals surface area contributed by atoms with Crippen LogP contribution in [0.15, 0.2) is 30.5 Å². The van der Waals surface area contributed by atoms with Gasteiger partial charge in [0.1, 0.15) is 18.2 Å². The number of ether oxygens (including phenoxy) is 2. The van der Waals surface area contributed by atoms with Gasteiger partial charge in [-0.3, -0.25) is 0 Å². The normalized spacial score (nSPS) is 18.6. The van der Waals surface area contributed by atoms with Crippen molar-refractivity contribution in [1.29, 1.82) is 0 Å². The second-order valence-electron chi connectivity index (χ2n) is 7.05. The zero-order valence-electron chi connectivity index (χ0n) is 16.5. The molecule has 0 radical (unpaired) electrons. The lowest BCUT2D eigenvalue weighted by molar-refractivity contribution is 0.395. The Hall–Kier alpha value is -2.35. The zero-order chi connectivity index (χ0) is 21.3. The Balaban J connectivity index is 1.75. The topological polar surface area (TPSA) is 68.3 Å². The maximum absolute atomic E-state index is 12.8. The second kappa shape index (κ2) is 8.79. The van der Waals surface area contributed by atoms with Crippen molar-refractivity contribution in [3.05, 3.63) is 40.5 Å². The standard InChI is InChI=1S/C21H21Cl2FN4O2/c1-29-16-7-17(30-2)20(23)18(19(16)22)13-4-3-5-15-14(13)10-26-21(28-15)27-12-6-11(8-24)25-9-12/h3-5,7,10-12,25H,6,8-9H2,1-2H3,(H,26,27,28)/t11-,12-/m0/s1. The van der Waals surface area contributed by atoms with Gasteiger partial charge in [-0.1, -0.05) is 35.3 Å². The van der Waals surface area contributed by atoms with Crippen LogP contribution in [-0.2, 0) is 0 Å². The van der Waals surface area contributed by atoms with Gasteiger partial charge in [0.2, 0.25) is 5.95 Å². The van der Waals surface area contributed by atoms with Crippen LogP contribution in [0.25, 0.3) is 22.0 Å². The van der Waals surface area contributed by atoms with Crippen LogP contribution in [0.5, 0.6) is 11.5 Å². The minimum absolute atomic E-state index is 0.0814. The molecule has 6 nitrogen and oxygen atoms in total. The first kappa shape index (κ1) is 20.9. The Bertz CT molecular complexity index is 1050. The molecule has 1 aliphatic rings. The number of anilines is 1. The number of nitrogens with one attached hydrogen (secondary N) is 2. The molecule has 0 saturated carbocycles. The second-order valence-corrected chi connectivity index (χ2v) is 7.81. The molecule has 2 heterocycles. The van der Waals surface area contributed by atoms with Crippen molar-refractivity contribution in [3.8, 4) is 22.6 Å². The Morgan fingerprint density at radius 2 is 1.93 bits per heavy atom. The monoisotopic (exact) mass is 450 g/mol. The van der Waals surface area contributed by atoms with Crippen LogP contribution in [0.3, 0.4) is 0 Å². The summed E-state index contributed by atoms with van der Waals surface area (Å²) < 4.78 is 23.6.